The molecule has 6 heteroatoms. The van der Waals surface area contributed by atoms with E-state index in [1.54, 1.807) is 11.8 Å². The molecule has 0 bridgehead atoms. The minimum absolute atomic E-state index is 0.0102. The van der Waals surface area contributed by atoms with Gasteiger partial charge in [-0.05, 0) is 0 Å². The van der Waals surface area contributed by atoms with E-state index in [1.807, 2.05) is 0 Å². The Morgan fingerprint density at radius 2 is 2.00 bits per heavy atom. The molecule has 1 rings (SSSR count). The van der Waals surface area contributed by atoms with Gasteiger partial charge in [-0.2, -0.15) is 0 Å². The zero-order valence-corrected chi connectivity index (χ0v) is 12.1. The average molecular weight is 272 g/mol. The molecule has 0 N–H and O–H groups in total. The molecule has 0 radical (unpaired) electrons. The second-order valence-electron chi connectivity index (χ2n) is 4.84. The Bertz CT molecular complexity index is 303. The van der Waals surface area contributed by atoms with Crippen LogP contribution in [0.4, 0.5) is 0 Å². The van der Waals surface area contributed by atoms with Crippen molar-refractivity contribution in [2.45, 2.75) is 13.8 Å². The monoisotopic (exact) mass is 272 g/mol. The largest absolute Gasteiger partial charge is 0.469 e. The maximum Gasteiger partial charge on any atom is 0.310 e. The first-order valence-corrected chi connectivity index (χ1v) is 6.68. The fourth-order valence-electron chi connectivity index (χ4n) is 2.07. The molecule has 0 aromatic carbocycles. The molecule has 1 aliphatic rings. The summed E-state index contributed by atoms with van der Waals surface area (Å²) in [5.74, 6) is -0.583. The van der Waals surface area contributed by atoms with Crippen LogP contribution in [-0.2, 0) is 19.1 Å². The van der Waals surface area contributed by atoms with Crippen LogP contribution in [0.3, 0.4) is 0 Å². The molecule has 1 unspecified atom stereocenters. The van der Waals surface area contributed by atoms with Crippen LogP contribution >= 0.6 is 0 Å². The maximum atomic E-state index is 11.6. The number of rotatable bonds is 6. The minimum Gasteiger partial charge on any atom is -0.469 e. The normalized spacial score (nSPS) is 17.8. The third-order valence-electron chi connectivity index (χ3n) is 3.33. The zero-order valence-electron chi connectivity index (χ0n) is 12.1. The fourth-order valence-corrected chi connectivity index (χ4v) is 2.07. The van der Waals surface area contributed by atoms with Crippen LogP contribution in [0.25, 0.3) is 0 Å². The van der Waals surface area contributed by atoms with E-state index >= 15 is 0 Å². The number of ether oxygens (including phenoxy) is 2. The van der Waals surface area contributed by atoms with Crippen LogP contribution in [0.5, 0.6) is 0 Å². The molecule has 0 spiro atoms. The lowest BCUT2D eigenvalue weighted by Crippen LogP contribution is -2.44. The maximum absolute atomic E-state index is 11.6. The van der Waals surface area contributed by atoms with Crippen molar-refractivity contribution in [3.05, 3.63) is 0 Å². The smallest absolute Gasteiger partial charge is 0.310 e. The van der Waals surface area contributed by atoms with E-state index in [0.717, 1.165) is 32.8 Å². The Balaban J connectivity index is 2.39. The van der Waals surface area contributed by atoms with Crippen LogP contribution in [0.1, 0.15) is 13.8 Å². The number of morpholine rings is 1. The van der Waals surface area contributed by atoms with Gasteiger partial charge in [-0.1, -0.05) is 6.92 Å². The van der Waals surface area contributed by atoms with Gasteiger partial charge in [0.05, 0.1) is 26.2 Å². The van der Waals surface area contributed by atoms with Gasteiger partial charge in [0, 0.05) is 39.6 Å². The Kier molecular flexibility index (Phi) is 6.80. The van der Waals surface area contributed by atoms with Gasteiger partial charge in [-0.15, -0.1) is 0 Å². The third kappa shape index (κ3) is 5.57. The topological polar surface area (TPSA) is 59.1 Å². The van der Waals surface area contributed by atoms with Crippen LogP contribution in [0.2, 0.25) is 0 Å². The van der Waals surface area contributed by atoms with Crippen LogP contribution in [-0.4, -0.2) is 74.7 Å². The van der Waals surface area contributed by atoms with Crippen molar-refractivity contribution in [1.82, 2.24) is 9.80 Å². The standard InChI is InChI=1S/C13H24N2O4/c1-11(13(17)18-3)10-15(12(2)16)5-4-14-6-8-19-9-7-14/h11H,4-10H2,1-3H3. The Morgan fingerprint density at radius 3 is 2.53 bits per heavy atom. The van der Waals surface area contributed by atoms with E-state index in [9.17, 15) is 9.59 Å². The number of carbonyl (C=O) groups is 2. The SMILES string of the molecule is COC(=O)C(C)CN(CCN1CCOCC1)C(C)=O. The first-order chi connectivity index (χ1) is 9.04. The Labute approximate surface area is 114 Å². The molecule has 6 nitrogen and oxygen atoms in total. The highest BCUT2D eigenvalue weighted by molar-refractivity contribution is 5.76. The van der Waals surface area contributed by atoms with Crippen molar-refractivity contribution in [3.8, 4) is 0 Å². The lowest BCUT2D eigenvalue weighted by Gasteiger charge is -2.30. The molecule has 1 heterocycles. The summed E-state index contributed by atoms with van der Waals surface area (Å²) in [7, 11) is 1.37. The number of amides is 1. The lowest BCUT2D eigenvalue weighted by molar-refractivity contribution is -0.146. The summed E-state index contributed by atoms with van der Waals surface area (Å²) in [6.45, 7) is 8.47. The quantitative estimate of drug-likeness (QED) is 0.636. The van der Waals surface area contributed by atoms with E-state index in [4.69, 9.17) is 4.74 Å². The van der Waals surface area contributed by atoms with E-state index in [1.165, 1.54) is 14.0 Å². The number of hydrogen-bond acceptors (Lipinski definition) is 5. The zero-order chi connectivity index (χ0) is 14.3. The predicted octanol–water partition coefficient (Wildman–Crippen LogP) is -0.0238. The van der Waals surface area contributed by atoms with Gasteiger partial charge in [0.1, 0.15) is 0 Å². The molecule has 0 aliphatic carbocycles. The van der Waals surface area contributed by atoms with Gasteiger partial charge in [0.15, 0.2) is 0 Å². The molecular formula is C13H24N2O4. The highest BCUT2D eigenvalue weighted by atomic mass is 16.5. The van der Waals surface area contributed by atoms with Crippen molar-refractivity contribution in [2.75, 3.05) is 53.0 Å². The third-order valence-corrected chi connectivity index (χ3v) is 3.33. The van der Waals surface area contributed by atoms with Crippen molar-refractivity contribution in [1.29, 1.82) is 0 Å². The summed E-state index contributed by atoms with van der Waals surface area (Å²) >= 11 is 0. The molecule has 1 aliphatic heterocycles. The van der Waals surface area contributed by atoms with Gasteiger partial charge in [0.2, 0.25) is 5.91 Å². The van der Waals surface area contributed by atoms with Gasteiger partial charge >= 0.3 is 5.97 Å². The average Bonchev–Trinajstić information content (AvgIpc) is 2.42. The van der Waals surface area contributed by atoms with Crippen molar-refractivity contribution in [2.24, 2.45) is 5.92 Å². The van der Waals surface area contributed by atoms with Crippen LogP contribution < -0.4 is 0 Å². The highest BCUT2D eigenvalue weighted by Crippen LogP contribution is 2.04. The number of nitrogens with zero attached hydrogens (tertiary/aromatic N) is 2. The molecule has 0 aromatic rings. The Hall–Kier alpha value is -1.14. The summed E-state index contributed by atoms with van der Waals surface area (Å²) in [6.07, 6.45) is 0. The molecule has 1 saturated heterocycles. The number of esters is 1. The van der Waals surface area contributed by atoms with Gasteiger partial charge < -0.3 is 14.4 Å². The summed E-state index contributed by atoms with van der Waals surface area (Å²) in [5.41, 5.74) is 0. The lowest BCUT2D eigenvalue weighted by atomic mass is 10.1. The first kappa shape index (κ1) is 15.9. The number of carbonyl (C=O) groups excluding carboxylic acids is 2. The second kappa shape index (κ2) is 8.12. The molecule has 1 amide bonds. The second-order valence-corrected chi connectivity index (χ2v) is 4.84. The van der Waals surface area contributed by atoms with Crippen LogP contribution in [0.15, 0.2) is 0 Å². The van der Waals surface area contributed by atoms with Gasteiger partial charge in [-0.3, -0.25) is 14.5 Å². The summed E-state index contributed by atoms with van der Waals surface area (Å²) in [5, 5.41) is 0. The molecular weight excluding hydrogens is 248 g/mol. The van der Waals surface area contributed by atoms with Gasteiger partial charge in [0.25, 0.3) is 0 Å². The predicted molar refractivity (Wildman–Crippen MR) is 70.7 cm³/mol. The van der Waals surface area contributed by atoms with Gasteiger partial charge in [-0.25, -0.2) is 0 Å². The van der Waals surface area contributed by atoms with E-state index in [0.29, 0.717) is 13.1 Å². The Morgan fingerprint density at radius 1 is 1.37 bits per heavy atom. The molecule has 110 valence electrons. The molecule has 19 heavy (non-hydrogen) atoms. The summed E-state index contributed by atoms with van der Waals surface area (Å²) < 4.78 is 9.96. The van der Waals surface area contributed by atoms with Crippen LogP contribution in [0, 0.1) is 5.92 Å². The molecule has 1 atom stereocenters. The molecule has 0 saturated carbocycles. The molecule has 1 fully saturated rings. The summed E-state index contributed by atoms with van der Waals surface area (Å²) in [4.78, 5) is 27.0. The van der Waals surface area contributed by atoms with Crippen molar-refractivity contribution in [3.63, 3.8) is 0 Å². The molecule has 0 aromatic heterocycles. The first-order valence-electron chi connectivity index (χ1n) is 6.68. The van der Waals surface area contributed by atoms with E-state index in [-0.39, 0.29) is 17.8 Å². The minimum atomic E-state index is -0.293. The number of methoxy groups -OCH3 is 1. The van der Waals surface area contributed by atoms with E-state index < -0.39 is 0 Å². The van der Waals surface area contributed by atoms with E-state index in [2.05, 4.69) is 9.64 Å². The highest BCUT2D eigenvalue weighted by Gasteiger charge is 2.20. The van der Waals surface area contributed by atoms with Crippen molar-refractivity contribution < 1.29 is 19.1 Å². The van der Waals surface area contributed by atoms with Crippen molar-refractivity contribution >= 4 is 11.9 Å². The number of hydrogen-bond donors (Lipinski definition) is 0. The summed E-state index contributed by atoms with van der Waals surface area (Å²) in [6, 6.07) is 0. The fraction of sp³-hybridized carbons (Fsp3) is 0.846.